The van der Waals surface area contributed by atoms with E-state index in [1.165, 1.54) is 28.1 Å². The van der Waals surface area contributed by atoms with Gasteiger partial charge in [0.15, 0.2) is 5.69 Å². The molecule has 1 amide bonds. The Bertz CT molecular complexity index is 707. The van der Waals surface area contributed by atoms with Gasteiger partial charge in [-0.25, -0.2) is 14.8 Å². The number of aryl methyl sites for hydroxylation is 1. The predicted molar refractivity (Wildman–Crippen MR) is 90.5 cm³/mol. The first-order valence-corrected chi connectivity index (χ1v) is 8.98. The Kier molecular flexibility index (Phi) is 5.84. The summed E-state index contributed by atoms with van der Waals surface area (Å²) in [5, 5.41) is 14.8. The van der Waals surface area contributed by atoms with Crippen LogP contribution in [0.2, 0.25) is 0 Å². The van der Waals surface area contributed by atoms with Crippen LogP contribution < -0.4 is 5.32 Å². The molecule has 2 aromatic heterocycles. The first-order chi connectivity index (χ1) is 10.9. The van der Waals surface area contributed by atoms with Crippen molar-refractivity contribution in [1.29, 1.82) is 0 Å². The Hall–Kier alpha value is -1.80. The van der Waals surface area contributed by atoms with E-state index in [2.05, 4.69) is 29.1 Å². The van der Waals surface area contributed by atoms with Gasteiger partial charge in [-0.2, -0.15) is 0 Å². The summed E-state index contributed by atoms with van der Waals surface area (Å²) in [5.41, 5.74) is 0.899. The maximum Gasteiger partial charge on any atom is 0.355 e. The zero-order valence-corrected chi connectivity index (χ0v) is 14.9. The summed E-state index contributed by atoms with van der Waals surface area (Å²) in [4.78, 5) is 32.2. The molecule has 0 spiro atoms. The minimum Gasteiger partial charge on any atom is -0.476 e. The number of aromatic carboxylic acids is 1. The van der Waals surface area contributed by atoms with Crippen molar-refractivity contribution in [2.75, 3.05) is 6.54 Å². The smallest absolute Gasteiger partial charge is 0.355 e. The third kappa shape index (κ3) is 4.84. The summed E-state index contributed by atoms with van der Waals surface area (Å²) in [5.74, 6) is -0.718. The number of hydrogen-bond donors (Lipinski definition) is 2. The van der Waals surface area contributed by atoms with Crippen LogP contribution in [-0.4, -0.2) is 33.5 Å². The Morgan fingerprint density at radius 2 is 2.09 bits per heavy atom. The molecule has 0 aliphatic heterocycles. The highest BCUT2D eigenvalue weighted by molar-refractivity contribution is 7.13. The van der Waals surface area contributed by atoms with Crippen molar-refractivity contribution < 1.29 is 14.7 Å². The van der Waals surface area contributed by atoms with Crippen LogP contribution in [0.25, 0.3) is 0 Å². The van der Waals surface area contributed by atoms with Gasteiger partial charge in [-0.3, -0.25) is 4.79 Å². The molecule has 0 aliphatic rings. The van der Waals surface area contributed by atoms with Gasteiger partial charge in [0.25, 0.3) is 5.91 Å². The first kappa shape index (κ1) is 17.6. The monoisotopic (exact) mass is 353 g/mol. The van der Waals surface area contributed by atoms with Crippen molar-refractivity contribution in [3.63, 3.8) is 0 Å². The fraction of sp³-hybridized carbons (Fsp3) is 0.467. The maximum atomic E-state index is 12.3. The predicted octanol–water partition coefficient (Wildman–Crippen LogP) is 2.78. The molecular formula is C15H19N3O3S2. The molecule has 8 heteroatoms. The SMILES string of the molecule is Cc1nc(CC(C)C)c(C(=O)NCCc2nc(C(=O)O)cs2)s1. The number of hydrogen-bond acceptors (Lipinski definition) is 6. The maximum absolute atomic E-state index is 12.3. The van der Waals surface area contributed by atoms with E-state index in [9.17, 15) is 9.59 Å². The fourth-order valence-electron chi connectivity index (χ4n) is 2.06. The Morgan fingerprint density at radius 1 is 1.35 bits per heavy atom. The summed E-state index contributed by atoms with van der Waals surface area (Å²) >= 11 is 2.69. The molecule has 2 N–H and O–H groups in total. The third-order valence-electron chi connectivity index (χ3n) is 3.01. The molecule has 2 heterocycles. The lowest BCUT2D eigenvalue weighted by atomic mass is 10.1. The highest BCUT2D eigenvalue weighted by atomic mass is 32.1. The van der Waals surface area contributed by atoms with E-state index >= 15 is 0 Å². The number of rotatable bonds is 7. The molecule has 2 aromatic rings. The van der Waals surface area contributed by atoms with Crippen LogP contribution in [0, 0.1) is 12.8 Å². The lowest BCUT2D eigenvalue weighted by molar-refractivity contribution is 0.0690. The summed E-state index contributed by atoms with van der Waals surface area (Å²) < 4.78 is 0. The lowest BCUT2D eigenvalue weighted by Crippen LogP contribution is -2.26. The molecule has 0 saturated heterocycles. The molecule has 23 heavy (non-hydrogen) atoms. The van der Waals surface area contributed by atoms with Crippen LogP contribution in [0.1, 0.15) is 49.7 Å². The van der Waals surface area contributed by atoms with Gasteiger partial charge in [0.2, 0.25) is 0 Å². The standard InChI is InChI=1S/C15H19N3O3S2/c1-8(2)6-10-13(23-9(3)17-10)14(19)16-5-4-12-18-11(7-22-12)15(20)21/h7-8H,4-6H2,1-3H3,(H,16,19)(H,20,21). The zero-order chi connectivity index (χ0) is 17.0. The van der Waals surface area contributed by atoms with Crippen LogP contribution in [0.15, 0.2) is 5.38 Å². The number of nitrogens with zero attached hydrogens (tertiary/aromatic N) is 2. The van der Waals surface area contributed by atoms with E-state index in [1.54, 1.807) is 0 Å². The molecule has 2 rings (SSSR count). The molecule has 0 radical (unpaired) electrons. The Balaban J connectivity index is 1.93. The van der Waals surface area contributed by atoms with E-state index in [0.717, 1.165) is 17.1 Å². The quantitative estimate of drug-likeness (QED) is 0.798. The van der Waals surface area contributed by atoms with Gasteiger partial charge in [0, 0.05) is 18.3 Å². The molecule has 0 atom stereocenters. The fourth-order valence-corrected chi connectivity index (χ4v) is 3.69. The van der Waals surface area contributed by atoms with E-state index in [1.807, 2.05) is 6.92 Å². The second-order valence-corrected chi connectivity index (χ2v) is 7.69. The summed E-state index contributed by atoms with van der Waals surface area (Å²) in [6.45, 7) is 6.51. The number of nitrogens with one attached hydrogen (secondary N) is 1. The second kappa shape index (κ2) is 7.65. The van der Waals surface area contributed by atoms with Gasteiger partial charge in [-0.05, 0) is 19.3 Å². The number of carbonyl (C=O) groups excluding carboxylic acids is 1. The van der Waals surface area contributed by atoms with E-state index in [4.69, 9.17) is 5.11 Å². The number of carboxylic acid groups (broad SMARTS) is 1. The van der Waals surface area contributed by atoms with Crippen LogP contribution >= 0.6 is 22.7 Å². The zero-order valence-electron chi connectivity index (χ0n) is 13.3. The van der Waals surface area contributed by atoms with Gasteiger partial charge >= 0.3 is 5.97 Å². The normalized spacial score (nSPS) is 11.0. The van der Waals surface area contributed by atoms with Gasteiger partial charge < -0.3 is 10.4 Å². The van der Waals surface area contributed by atoms with Crippen molar-refractivity contribution in [2.24, 2.45) is 5.92 Å². The van der Waals surface area contributed by atoms with E-state index < -0.39 is 5.97 Å². The van der Waals surface area contributed by atoms with Crippen molar-refractivity contribution in [3.8, 4) is 0 Å². The van der Waals surface area contributed by atoms with Gasteiger partial charge in [-0.1, -0.05) is 13.8 Å². The molecule has 6 nitrogen and oxygen atoms in total. The second-order valence-electron chi connectivity index (χ2n) is 5.54. The summed E-state index contributed by atoms with van der Waals surface area (Å²) in [7, 11) is 0. The highest BCUT2D eigenvalue weighted by Crippen LogP contribution is 2.20. The number of aromatic nitrogens is 2. The van der Waals surface area contributed by atoms with Crippen LogP contribution in [0.3, 0.4) is 0 Å². The molecule has 124 valence electrons. The summed E-state index contributed by atoms with van der Waals surface area (Å²) in [6, 6.07) is 0. The average Bonchev–Trinajstić information content (AvgIpc) is 3.05. The van der Waals surface area contributed by atoms with Crippen molar-refractivity contribution in [1.82, 2.24) is 15.3 Å². The van der Waals surface area contributed by atoms with Crippen molar-refractivity contribution in [3.05, 3.63) is 31.7 Å². The van der Waals surface area contributed by atoms with Crippen LogP contribution in [0.4, 0.5) is 0 Å². The molecule has 0 saturated carbocycles. The number of amides is 1. The molecule has 0 aromatic carbocycles. The minimum atomic E-state index is -1.03. The molecule has 0 bridgehead atoms. The molecule has 0 fully saturated rings. The topological polar surface area (TPSA) is 92.2 Å². The van der Waals surface area contributed by atoms with Gasteiger partial charge in [0.1, 0.15) is 4.88 Å². The Morgan fingerprint density at radius 3 is 2.70 bits per heavy atom. The number of carbonyl (C=O) groups is 2. The number of thiazole rings is 2. The van der Waals surface area contributed by atoms with E-state index in [-0.39, 0.29) is 11.6 Å². The average molecular weight is 353 g/mol. The highest BCUT2D eigenvalue weighted by Gasteiger charge is 2.17. The van der Waals surface area contributed by atoms with Gasteiger partial charge in [-0.15, -0.1) is 22.7 Å². The molecule has 0 unspecified atom stereocenters. The van der Waals surface area contributed by atoms with Crippen molar-refractivity contribution in [2.45, 2.75) is 33.6 Å². The van der Waals surface area contributed by atoms with Crippen LogP contribution in [-0.2, 0) is 12.8 Å². The third-order valence-corrected chi connectivity index (χ3v) is 4.93. The van der Waals surface area contributed by atoms with Crippen LogP contribution in [0.5, 0.6) is 0 Å². The molecular weight excluding hydrogens is 334 g/mol. The minimum absolute atomic E-state index is 0.0497. The van der Waals surface area contributed by atoms with E-state index in [0.29, 0.717) is 28.8 Å². The first-order valence-electron chi connectivity index (χ1n) is 7.29. The molecule has 0 aliphatic carbocycles. The van der Waals surface area contributed by atoms with Gasteiger partial charge in [0.05, 0.1) is 15.7 Å². The summed E-state index contributed by atoms with van der Waals surface area (Å²) in [6.07, 6.45) is 1.29. The van der Waals surface area contributed by atoms with Crippen molar-refractivity contribution >= 4 is 34.6 Å². The Labute approximate surface area is 142 Å². The number of carboxylic acids is 1. The largest absolute Gasteiger partial charge is 0.476 e. The lowest BCUT2D eigenvalue weighted by Gasteiger charge is -2.06.